The van der Waals surface area contributed by atoms with E-state index >= 15 is 0 Å². The third kappa shape index (κ3) is 2.15. The highest BCUT2D eigenvalue weighted by atomic mass is 16.5. The molecular formula is C10H16N2O2. The number of rotatable bonds is 4. The van der Waals surface area contributed by atoms with Gasteiger partial charge in [0.05, 0.1) is 18.4 Å². The van der Waals surface area contributed by atoms with Gasteiger partial charge in [0.25, 0.3) is 0 Å². The van der Waals surface area contributed by atoms with Crippen LogP contribution in [0.4, 0.5) is 0 Å². The monoisotopic (exact) mass is 196 g/mol. The lowest BCUT2D eigenvalue weighted by molar-refractivity contribution is 0.0768. The normalized spacial score (nSPS) is 23.9. The summed E-state index contributed by atoms with van der Waals surface area (Å²) in [6, 6.07) is 4.00. The van der Waals surface area contributed by atoms with E-state index in [1.165, 1.54) is 0 Å². The molecule has 2 unspecified atom stereocenters. The Morgan fingerprint density at radius 3 is 3.14 bits per heavy atom. The molecule has 1 aromatic heterocycles. The first-order valence-corrected chi connectivity index (χ1v) is 5.00. The molecule has 0 radical (unpaired) electrons. The van der Waals surface area contributed by atoms with E-state index in [1.54, 1.807) is 6.26 Å². The zero-order valence-corrected chi connectivity index (χ0v) is 8.11. The SMILES string of the molecule is NNC(Cc1ccco1)C1CCCO1. The molecule has 0 aromatic carbocycles. The molecule has 2 atom stereocenters. The Labute approximate surface area is 83.4 Å². The van der Waals surface area contributed by atoms with Crippen LogP contribution in [-0.4, -0.2) is 18.8 Å². The topological polar surface area (TPSA) is 60.4 Å². The van der Waals surface area contributed by atoms with Gasteiger partial charge in [-0.15, -0.1) is 0 Å². The van der Waals surface area contributed by atoms with Crippen molar-refractivity contribution in [1.82, 2.24) is 5.43 Å². The van der Waals surface area contributed by atoms with Crippen LogP contribution in [0.25, 0.3) is 0 Å². The fourth-order valence-electron chi connectivity index (χ4n) is 1.86. The highest BCUT2D eigenvalue weighted by Crippen LogP contribution is 2.18. The molecular weight excluding hydrogens is 180 g/mol. The number of hydrogen-bond acceptors (Lipinski definition) is 4. The number of hydrogen-bond donors (Lipinski definition) is 2. The van der Waals surface area contributed by atoms with E-state index in [2.05, 4.69) is 5.43 Å². The largest absolute Gasteiger partial charge is 0.469 e. The minimum absolute atomic E-state index is 0.156. The number of nitrogens with one attached hydrogen (secondary N) is 1. The van der Waals surface area contributed by atoms with Gasteiger partial charge in [0.2, 0.25) is 0 Å². The molecule has 0 spiro atoms. The fraction of sp³-hybridized carbons (Fsp3) is 0.600. The maximum Gasteiger partial charge on any atom is 0.105 e. The molecule has 1 aromatic rings. The molecule has 14 heavy (non-hydrogen) atoms. The molecule has 3 N–H and O–H groups in total. The minimum atomic E-state index is 0.156. The van der Waals surface area contributed by atoms with Crippen LogP contribution in [0, 0.1) is 0 Å². The Balaban J connectivity index is 1.92. The molecule has 2 rings (SSSR count). The molecule has 2 heterocycles. The number of nitrogens with two attached hydrogens (primary N) is 1. The summed E-state index contributed by atoms with van der Waals surface area (Å²) in [5.41, 5.74) is 2.80. The summed E-state index contributed by atoms with van der Waals surface area (Å²) < 4.78 is 10.8. The maximum absolute atomic E-state index is 5.57. The molecule has 4 nitrogen and oxygen atoms in total. The van der Waals surface area contributed by atoms with E-state index in [1.807, 2.05) is 12.1 Å². The predicted octanol–water partition coefficient (Wildman–Crippen LogP) is 0.833. The van der Waals surface area contributed by atoms with Gasteiger partial charge in [0, 0.05) is 13.0 Å². The Bertz CT molecular complexity index is 255. The van der Waals surface area contributed by atoms with Crippen molar-refractivity contribution in [2.75, 3.05) is 6.61 Å². The lowest BCUT2D eigenvalue weighted by atomic mass is 10.0. The van der Waals surface area contributed by atoms with E-state index in [9.17, 15) is 0 Å². The third-order valence-corrected chi connectivity index (χ3v) is 2.63. The summed E-state index contributed by atoms with van der Waals surface area (Å²) in [5, 5.41) is 0. The molecule has 1 aliphatic heterocycles. The van der Waals surface area contributed by atoms with Gasteiger partial charge in [-0.1, -0.05) is 0 Å². The predicted molar refractivity (Wildman–Crippen MR) is 52.5 cm³/mol. The third-order valence-electron chi connectivity index (χ3n) is 2.63. The van der Waals surface area contributed by atoms with Crippen LogP contribution in [-0.2, 0) is 11.2 Å². The van der Waals surface area contributed by atoms with Gasteiger partial charge < -0.3 is 9.15 Å². The summed E-state index contributed by atoms with van der Waals surface area (Å²) >= 11 is 0. The first-order valence-electron chi connectivity index (χ1n) is 5.00. The van der Waals surface area contributed by atoms with Gasteiger partial charge in [-0.2, -0.15) is 0 Å². The quantitative estimate of drug-likeness (QED) is 0.553. The second-order valence-electron chi connectivity index (χ2n) is 3.61. The van der Waals surface area contributed by atoms with Crippen LogP contribution in [0.1, 0.15) is 18.6 Å². The first-order chi connectivity index (χ1) is 6.90. The molecule has 1 saturated heterocycles. The molecule has 1 aliphatic rings. The van der Waals surface area contributed by atoms with E-state index in [0.29, 0.717) is 0 Å². The Hall–Kier alpha value is -0.840. The van der Waals surface area contributed by atoms with Gasteiger partial charge in [-0.05, 0) is 25.0 Å². The minimum Gasteiger partial charge on any atom is -0.469 e. The smallest absolute Gasteiger partial charge is 0.105 e. The average molecular weight is 196 g/mol. The van der Waals surface area contributed by atoms with Gasteiger partial charge in [0.1, 0.15) is 5.76 Å². The Morgan fingerprint density at radius 2 is 2.57 bits per heavy atom. The summed E-state index contributed by atoms with van der Waals surface area (Å²) in [6.07, 6.45) is 4.90. The van der Waals surface area contributed by atoms with Crippen LogP contribution in [0.2, 0.25) is 0 Å². The molecule has 78 valence electrons. The van der Waals surface area contributed by atoms with Crippen molar-refractivity contribution >= 4 is 0 Å². The number of ether oxygens (including phenoxy) is 1. The fourth-order valence-corrected chi connectivity index (χ4v) is 1.86. The second kappa shape index (κ2) is 4.59. The summed E-state index contributed by atoms with van der Waals surface area (Å²) in [4.78, 5) is 0. The van der Waals surface area contributed by atoms with Crippen molar-refractivity contribution in [3.05, 3.63) is 24.2 Å². The highest BCUT2D eigenvalue weighted by molar-refractivity contribution is 5.01. The molecule has 1 fully saturated rings. The average Bonchev–Trinajstić information content (AvgIpc) is 2.86. The van der Waals surface area contributed by atoms with Crippen molar-refractivity contribution in [1.29, 1.82) is 0 Å². The van der Waals surface area contributed by atoms with Gasteiger partial charge in [-0.25, -0.2) is 0 Å². The molecule has 0 aliphatic carbocycles. The van der Waals surface area contributed by atoms with Gasteiger partial charge >= 0.3 is 0 Å². The van der Waals surface area contributed by atoms with E-state index in [4.69, 9.17) is 15.0 Å². The summed E-state index contributed by atoms with van der Waals surface area (Å²) in [6.45, 7) is 0.848. The molecule has 0 saturated carbocycles. The first kappa shape index (κ1) is 9.71. The van der Waals surface area contributed by atoms with Crippen LogP contribution in [0.5, 0.6) is 0 Å². The van der Waals surface area contributed by atoms with E-state index < -0.39 is 0 Å². The van der Waals surface area contributed by atoms with Crippen molar-refractivity contribution < 1.29 is 9.15 Å². The van der Waals surface area contributed by atoms with E-state index in [-0.39, 0.29) is 12.1 Å². The van der Waals surface area contributed by atoms with Crippen molar-refractivity contribution in [2.24, 2.45) is 5.84 Å². The zero-order chi connectivity index (χ0) is 9.80. The molecule has 0 amide bonds. The van der Waals surface area contributed by atoms with Crippen LogP contribution < -0.4 is 11.3 Å². The highest BCUT2D eigenvalue weighted by Gasteiger charge is 2.25. The van der Waals surface area contributed by atoms with Crippen molar-refractivity contribution in [2.45, 2.75) is 31.4 Å². The molecule has 4 heteroatoms. The Kier molecular flexibility index (Phi) is 3.18. The molecule has 0 bridgehead atoms. The number of furan rings is 1. The van der Waals surface area contributed by atoms with Crippen molar-refractivity contribution in [3.8, 4) is 0 Å². The number of hydrazine groups is 1. The van der Waals surface area contributed by atoms with Gasteiger partial charge in [0.15, 0.2) is 0 Å². The lowest BCUT2D eigenvalue weighted by Gasteiger charge is -2.20. The standard InChI is InChI=1S/C10H16N2O2/c11-12-9(10-4-2-6-14-10)7-8-3-1-5-13-8/h1,3,5,9-10,12H,2,4,6-7,11H2. The Morgan fingerprint density at radius 1 is 1.64 bits per heavy atom. The summed E-state index contributed by atoms with van der Waals surface area (Å²) in [5.74, 6) is 6.45. The van der Waals surface area contributed by atoms with Crippen molar-refractivity contribution in [3.63, 3.8) is 0 Å². The van der Waals surface area contributed by atoms with Crippen LogP contribution in [0.15, 0.2) is 22.8 Å². The van der Waals surface area contributed by atoms with Crippen LogP contribution in [0.3, 0.4) is 0 Å². The van der Waals surface area contributed by atoms with E-state index in [0.717, 1.165) is 31.6 Å². The zero-order valence-electron chi connectivity index (χ0n) is 8.11. The lowest BCUT2D eigenvalue weighted by Crippen LogP contribution is -2.45. The summed E-state index contributed by atoms with van der Waals surface area (Å²) in [7, 11) is 0. The second-order valence-corrected chi connectivity index (χ2v) is 3.61. The van der Waals surface area contributed by atoms with Gasteiger partial charge in [-0.3, -0.25) is 11.3 Å². The maximum atomic E-state index is 5.57. The van der Waals surface area contributed by atoms with Crippen LogP contribution >= 0.6 is 0 Å².